The van der Waals surface area contributed by atoms with Crippen molar-refractivity contribution in [2.75, 3.05) is 6.54 Å². The molecule has 0 aromatic heterocycles. The Hall–Kier alpha value is -3.88. The summed E-state index contributed by atoms with van der Waals surface area (Å²) in [7, 11) is 0. The summed E-state index contributed by atoms with van der Waals surface area (Å²) >= 11 is 0. The van der Waals surface area contributed by atoms with E-state index in [0.717, 1.165) is 11.1 Å². The highest BCUT2D eigenvalue weighted by atomic mass is 16.6. The summed E-state index contributed by atoms with van der Waals surface area (Å²) in [6.07, 6.45) is -0.541. The lowest BCUT2D eigenvalue weighted by Crippen LogP contribution is -2.57. The Kier molecular flexibility index (Phi) is 11.3. The lowest BCUT2D eigenvalue weighted by atomic mass is 9.95. The van der Waals surface area contributed by atoms with Gasteiger partial charge in [0.15, 0.2) is 0 Å². The molecule has 0 fully saturated rings. The lowest BCUT2D eigenvalue weighted by molar-refractivity contribution is -0.159. The summed E-state index contributed by atoms with van der Waals surface area (Å²) < 4.78 is 10.9. The second-order valence-electron chi connectivity index (χ2n) is 13.4. The predicted molar refractivity (Wildman–Crippen MR) is 163 cm³/mol. The third-order valence-corrected chi connectivity index (χ3v) is 5.93. The van der Waals surface area contributed by atoms with Crippen LogP contribution in [0.2, 0.25) is 0 Å². The zero-order chi connectivity index (χ0) is 31.9. The van der Waals surface area contributed by atoms with Crippen molar-refractivity contribution >= 4 is 23.9 Å². The normalized spacial score (nSPS) is 13.4. The van der Waals surface area contributed by atoms with Gasteiger partial charge in [-0.2, -0.15) is 0 Å². The van der Waals surface area contributed by atoms with Crippen LogP contribution in [0.25, 0.3) is 0 Å². The molecule has 2 aromatic carbocycles. The number of hydrogen-bond donors (Lipinski definition) is 2. The molecule has 2 atom stereocenters. The Morgan fingerprint density at radius 1 is 0.810 bits per heavy atom. The Balaban J connectivity index is 2.50. The number of aryl methyl sites for hydroxylation is 1. The summed E-state index contributed by atoms with van der Waals surface area (Å²) in [6, 6.07) is 14.5. The third-order valence-electron chi connectivity index (χ3n) is 5.93. The minimum absolute atomic E-state index is 0.200. The highest BCUT2D eigenvalue weighted by Crippen LogP contribution is 2.30. The van der Waals surface area contributed by atoms with Gasteiger partial charge in [0.05, 0.1) is 0 Å². The minimum Gasteiger partial charge on any atom is -0.458 e. The molecule has 2 rings (SSSR count). The van der Waals surface area contributed by atoms with Gasteiger partial charge < -0.3 is 25.0 Å². The van der Waals surface area contributed by atoms with E-state index in [1.165, 1.54) is 4.90 Å². The fraction of sp³-hybridized carbons (Fsp3) is 0.515. The van der Waals surface area contributed by atoms with Gasteiger partial charge >= 0.3 is 12.1 Å². The number of esters is 1. The van der Waals surface area contributed by atoms with Crippen molar-refractivity contribution in [2.24, 2.45) is 0 Å². The van der Waals surface area contributed by atoms with E-state index in [2.05, 4.69) is 10.6 Å². The topological polar surface area (TPSA) is 114 Å². The summed E-state index contributed by atoms with van der Waals surface area (Å²) in [5, 5.41) is 5.40. The monoisotopic (exact) mass is 581 g/mol. The number of alkyl carbamates (subject to hydrolysis) is 1. The van der Waals surface area contributed by atoms with Gasteiger partial charge in [-0.15, -0.1) is 0 Å². The Labute approximate surface area is 250 Å². The van der Waals surface area contributed by atoms with Crippen molar-refractivity contribution in [1.82, 2.24) is 15.5 Å². The van der Waals surface area contributed by atoms with Crippen molar-refractivity contribution in [2.45, 2.75) is 104 Å². The zero-order valence-electron chi connectivity index (χ0n) is 26.7. The standard InChI is InChI=1S/C33H47N3O6/c1-22-15-14-18-24(19-22)27(36(31(2,3)4)26(37)21-34-30(40)42-33(8,9)10)28(38)35-25(29(39)41-32(5,6)7)20-23-16-12-11-13-17-23/h11-19,25,27H,20-21H2,1-10H3,(H,34,40)(H,35,38). The van der Waals surface area contributed by atoms with Crippen LogP contribution in [0.4, 0.5) is 4.79 Å². The van der Waals surface area contributed by atoms with Crippen molar-refractivity contribution in [3.05, 3.63) is 71.3 Å². The second kappa shape index (κ2) is 13.9. The predicted octanol–water partition coefficient (Wildman–Crippen LogP) is 5.26. The Morgan fingerprint density at radius 3 is 1.93 bits per heavy atom. The molecular weight excluding hydrogens is 534 g/mol. The lowest BCUT2D eigenvalue weighted by Gasteiger charge is -2.41. The maximum Gasteiger partial charge on any atom is 0.408 e. The van der Waals surface area contributed by atoms with Gasteiger partial charge in [-0.3, -0.25) is 9.59 Å². The first-order chi connectivity index (χ1) is 19.3. The number of benzene rings is 2. The van der Waals surface area contributed by atoms with Gasteiger partial charge in [0.25, 0.3) is 0 Å². The van der Waals surface area contributed by atoms with E-state index < -0.39 is 52.7 Å². The van der Waals surface area contributed by atoms with Crippen molar-refractivity contribution < 1.29 is 28.7 Å². The molecule has 0 spiro atoms. The number of nitrogens with zero attached hydrogens (tertiary/aromatic N) is 1. The molecule has 0 heterocycles. The van der Waals surface area contributed by atoms with Crippen LogP contribution in [0.3, 0.4) is 0 Å². The molecule has 2 aromatic rings. The van der Waals surface area contributed by atoms with E-state index in [4.69, 9.17) is 9.47 Å². The number of amides is 3. The van der Waals surface area contributed by atoms with E-state index in [0.29, 0.717) is 5.56 Å². The average Bonchev–Trinajstić information content (AvgIpc) is 2.83. The van der Waals surface area contributed by atoms with Crippen LogP contribution in [0.1, 0.15) is 85.0 Å². The molecule has 230 valence electrons. The third kappa shape index (κ3) is 11.2. The molecule has 0 aliphatic rings. The number of ether oxygens (including phenoxy) is 2. The van der Waals surface area contributed by atoms with E-state index in [1.54, 1.807) is 47.6 Å². The molecule has 42 heavy (non-hydrogen) atoms. The zero-order valence-corrected chi connectivity index (χ0v) is 26.7. The molecule has 2 N–H and O–H groups in total. The van der Waals surface area contributed by atoms with Gasteiger partial charge in [-0.25, -0.2) is 9.59 Å². The van der Waals surface area contributed by atoms with Gasteiger partial charge in [0.2, 0.25) is 11.8 Å². The van der Waals surface area contributed by atoms with Crippen LogP contribution >= 0.6 is 0 Å². The molecule has 0 saturated carbocycles. The van der Waals surface area contributed by atoms with Crippen LogP contribution in [-0.4, -0.2) is 58.1 Å². The molecule has 3 amide bonds. The van der Waals surface area contributed by atoms with E-state index in [-0.39, 0.29) is 13.0 Å². The van der Waals surface area contributed by atoms with Crippen LogP contribution in [0, 0.1) is 6.92 Å². The largest absolute Gasteiger partial charge is 0.458 e. The first kappa shape index (κ1) is 34.3. The van der Waals surface area contributed by atoms with Crippen LogP contribution in [-0.2, 0) is 30.3 Å². The van der Waals surface area contributed by atoms with Gasteiger partial charge in [0.1, 0.15) is 29.8 Å². The van der Waals surface area contributed by atoms with Crippen molar-refractivity contribution in [3.63, 3.8) is 0 Å². The molecule has 9 heteroatoms. The maximum atomic E-state index is 14.2. The van der Waals surface area contributed by atoms with Crippen molar-refractivity contribution in [3.8, 4) is 0 Å². The number of rotatable bonds is 9. The molecule has 0 aliphatic heterocycles. The fourth-order valence-corrected chi connectivity index (χ4v) is 4.38. The average molecular weight is 582 g/mol. The molecule has 2 unspecified atom stereocenters. The summed E-state index contributed by atoms with van der Waals surface area (Å²) in [6.45, 7) is 17.4. The van der Waals surface area contributed by atoms with E-state index in [1.807, 2.05) is 76.2 Å². The molecular formula is C33H47N3O6. The highest BCUT2D eigenvalue weighted by Gasteiger charge is 2.40. The number of carbonyl (C=O) groups is 4. The molecule has 0 saturated heterocycles. The Bertz CT molecular complexity index is 1240. The smallest absolute Gasteiger partial charge is 0.408 e. The number of nitrogens with one attached hydrogen (secondary N) is 2. The van der Waals surface area contributed by atoms with Crippen LogP contribution < -0.4 is 10.6 Å². The molecule has 0 bridgehead atoms. The molecule has 0 radical (unpaired) electrons. The van der Waals surface area contributed by atoms with Crippen LogP contribution in [0.5, 0.6) is 0 Å². The first-order valence-corrected chi connectivity index (χ1v) is 14.2. The van der Waals surface area contributed by atoms with Gasteiger partial charge in [-0.05, 0) is 80.4 Å². The second-order valence-corrected chi connectivity index (χ2v) is 13.4. The Morgan fingerprint density at radius 2 is 1.40 bits per heavy atom. The summed E-state index contributed by atoms with van der Waals surface area (Å²) in [5.41, 5.74) is -0.0588. The van der Waals surface area contributed by atoms with E-state index >= 15 is 0 Å². The SMILES string of the molecule is Cc1cccc(C(C(=O)NC(Cc2ccccc2)C(=O)OC(C)(C)C)N(C(=O)CNC(=O)OC(C)(C)C)C(C)(C)C)c1. The number of carbonyl (C=O) groups excluding carboxylic acids is 4. The first-order valence-electron chi connectivity index (χ1n) is 14.2. The van der Waals surface area contributed by atoms with E-state index in [9.17, 15) is 19.2 Å². The summed E-state index contributed by atoms with van der Waals surface area (Å²) in [4.78, 5) is 55.1. The molecule has 0 aliphatic carbocycles. The van der Waals surface area contributed by atoms with Gasteiger partial charge in [-0.1, -0.05) is 60.2 Å². The highest BCUT2D eigenvalue weighted by molar-refractivity contribution is 5.93. The maximum absolute atomic E-state index is 14.2. The van der Waals surface area contributed by atoms with Gasteiger partial charge in [0, 0.05) is 12.0 Å². The summed E-state index contributed by atoms with van der Waals surface area (Å²) in [5.74, 6) is -1.62. The minimum atomic E-state index is -1.11. The van der Waals surface area contributed by atoms with Crippen molar-refractivity contribution in [1.29, 1.82) is 0 Å². The fourth-order valence-electron chi connectivity index (χ4n) is 4.38. The van der Waals surface area contributed by atoms with Crippen LogP contribution in [0.15, 0.2) is 54.6 Å². The molecule has 9 nitrogen and oxygen atoms in total. The quantitative estimate of drug-likeness (QED) is 0.391. The number of hydrogen-bond acceptors (Lipinski definition) is 6.